The number of hydrogen-bond donors (Lipinski definition) is 2. The van der Waals surface area contributed by atoms with E-state index < -0.39 is 5.97 Å². The van der Waals surface area contributed by atoms with Crippen molar-refractivity contribution in [3.8, 4) is 0 Å². The van der Waals surface area contributed by atoms with Gasteiger partial charge in [-0.05, 0) is 25.2 Å². The maximum Gasteiger partial charge on any atom is 0.303 e. The Bertz CT molecular complexity index is 241. The lowest BCUT2D eigenvalue weighted by Crippen LogP contribution is -2.27. The van der Waals surface area contributed by atoms with Gasteiger partial charge in [-0.3, -0.25) is 9.59 Å². The smallest absolute Gasteiger partial charge is 0.303 e. The third-order valence-corrected chi connectivity index (χ3v) is 2.45. The van der Waals surface area contributed by atoms with Gasteiger partial charge >= 0.3 is 5.97 Å². The second-order valence-electron chi connectivity index (χ2n) is 4.75. The number of ether oxygens (including phenoxy) is 1. The van der Waals surface area contributed by atoms with Crippen LogP contribution in [-0.4, -0.2) is 36.7 Å². The predicted molar refractivity (Wildman–Crippen MR) is 69.4 cm³/mol. The summed E-state index contributed by atoms with van der Waals surface area (Å²) in [5.41, 5.74) is 0. The van der Waals surface area contributed by atoms with Crippen molar-refractivity contribution in [1.82, 2.24) is 5.32 Å². The molecule has 106 valence electrons. The molecule has 0 saturated heterocycles. The normalized spacial score (nSPS) is 10.6. The van der Waals surface area contributed by atoms with E-state index in [4.69, 9.17) is 9.84 Å². The third kappa shape index (κ3) is 13.0. The molecule has 0 saturated carbocycles. The summed E-state index contributed by atoms with van der Waals surface area (Å²) in [5.74, 6) is -0.212. The Hall–Kier alpha value is -1.10. The number of carboxylic acid groups (broad SMARTS) is 1. The molecule has 0 aliphatic rings. The largest absolute Gasteiger partial charge is 0.481 e. The molecule has 0 atom stereocenters. The van der Waals surface area contributed by atoms with E-state index in [1.54, 1.807) is 0 Å². The Morgan fingerprint density at radius 3 is 2.44 bits per heavy atom. The van der Waals surface area contributed by atoms with Crippen LogP contribution < -0.4 is 5.32 Å². The highest BCUT2D eigenvalue weighted by molar-refractivity contribution is 5.75. The molecule has 0 unspecified atom stereocenters. The van der Waals surface area contributed by atoms with Crippen molar-refractivity contribution in [1.29, 1.82) is 0 Å². The number of nitrogens with one attached hydrogen (secondary N) is 1. The van der Waals surface area contributed by atoms with E-state index in [1.165, 1.54) is 0 Å². The predicted octanol–water partition coefficient (Wildman–Crippen LogP) is 1.81. The van der Waals surface area contributed by atoms with Crippen LogP contribution in [0.1, 0.15) is 46.0 Å². The van der Waals surface area contributed by atoms with Crippen LogP contribution in [0.3, 0.4) is 0 Å². The maximum atomic E-state index is 11.3. The molecule has 1 amide bonds. The summed E-state index contributed by atoms with van der Waals surface area (Å²) in [7, 11) is 0. The van der Waals surface area contributed by atoms with E-state index >= 15 is 0 Å². The highest BCUT2D eigenvalue weighted by Gasteiger charge is 2.02. The van der Waals surface area contributed by atoms with Gasteiger partial charge < -0.3 is 15.2 Å². The molecule has 0 rings (SSSR count). The van der Waals surface area contributed by atoms with Crippen molar-refractivity contribution in [2.45, 2.75) is 46.0 Å². The Balaban J connectivity index is 3.24. The van der Waals surface area contributed by atoms with E-state index in [-0.39, 0.29) is 12.3 Å². The second-order valence-corrected chi connectivity index (χ2v) is 4.75. The van der Waals surface area contributed by atoms with Gasteiger partial charge in [0.1, 0.15) is 0 Å². The number of aliphatic carboxylic acids is 1. The minimum Gasteiger partial charge on any atom is -0.481 e. The molecule has 0 aliphatic carbocycles. The number of unbranched alkanes of at least 4 members (excludes halogenated alkanes) is 1. The van der Waals surface area contributed by atoms with Gasteiger partial charge in [0.15, 0.2) is 0 Å². The van der Waals surface area contributed by atoms with Crippen LogP contribution in [0.15, 0.2) is 0 Å². The zero-order chi connectivity index (χ0) is 13.8. The van der Waals surface area contributed by atoms with Gasteiger partial charge in [0.2, 0.25) is 5.91 Å². The summed E-state index contributed by atoms with van der Waals surface area (Å²) in [5, 5.41) is 11.2. The second kappa shape index (κ2) is 11.0. The fraction of sp³-hybridized carbons (Fsp3) is 0.846. The van der Waals surface area contributed by atoms with Crippen molar-refractivity contribution in [2.24, 2.45) is 5.92 Å². The minimum absolute atomic E-state index is 0.0344. The minimum atomic E-state index is -0.811. The lowest BCUT2D eigenvalue weighted by molar-refractivity contribution is -0.137. The summed E-state index contributed by atoms with van der Waals surface area (Å²) in [4.78, 5) is 21.6. The lowest BCUT2D eigenvalue weighted by Gasteiger charge is -2.07. The lowest BCUT2D eigenvalue weighted by atomic mass is 10.1. The first-order valence-electron chi connectivity index (χ1n) is 6.58. The van der Waals surface area contributed by atoms with E-state index in [0.29, 0.717) is 38.3 Å². The molecule has 0 aromatic carbocycles. The summed E-state index contributed by atoms with van der Waals surface area (Å²) in [6.45, 7) is 6.07. The summed E-state index contributed by atoms with van der Waals surface area (Å²) in [6.07, 6.45) is 2.72. The van der Waals surface area contributed by atoms with Gasteiger partial charge in [-0.1, -0.05) is 13.8 Å². The van der Waals surface area contributed by atoms with Crippen LogP contribution in [0.5, 0.6) is 0 Å². The van der Waals surface area contributed by atoms with Gasteiger partial charge in [0.25, 0.3) is 0 Å². The molecule has 0 radical (unpaired) electrons. The van der Waals surface area contributed by atoms with Crippen LogP contribution in [0.25, 0.3) is 0 Å². The summed E-state index contributed by atoms with van der Waals surface area (Å²) >= 11 is 0. The Labute approximate surface area is 109 Å². The molecule has 0 heterocycles. The van der Waals surface area contributed by atoms with Crippen molar-refractivity contribution >= 4 is 11.9 Å². The Kier molecular flexibility index (Phi) is 10.3. The number of carbonyl (C=O) groups excluding carboxylic acids is 1. The molecule has 0 bridgehead atoms. The molecular weight excluding hydrogens is 234 g/mol. The molecule has 0 spiro atoms. The van der Waals surface area contributed by atoms with Gasteiger partial charge in [-0.25, -0.2) is 0 Å². The standard InChI is InChI=1S/C13H25NO4/c1-11(2)7-9-18-10-8-14-12(15)5-3-4-6-13(16)17/h11H,3-10H2,1-2H3,(H,14,15)(H,16,17). The van der Waals surface area contributed by atoms with Crippen LogP contribution in [-0.2, 0) is 14.3 Å². The fourth-order valence-corrected chi connectivity index (χ4v) is 1.33. The first-order chi connectivity index (χ1) is 8.52. The number of carboxylic acids is 1. The molecule has 5 heteroatoms. The molecule has 0 aliphatic heterocycles. The van der Waals surface area contributed by atoms with Crippen LogP contribution in [0, 0.1) is 5.92 Å². The zero-order valence-corrected chi connectivity index (χ0v) is 11.4. The first kappa shape index (κ1) is 16.9. The average Bonchev–Trinajstić information content (AvgIpc) is 2.28. The average molecular weight is 259 g/mol. The van der Waals surface area contributed by atoms with Gasteiger partial charge in [0.05, 0.1) is 6.61 Å². The quantitative estimate of drug-likeness (QED) is 0.555. The number of amides is 1. The third-order valence-electron chi connectivity index (χ3n) is 2.45. The summed E-state index contributed by atoms with van der Waals surface area (Å²) < 4.78 is 5.36. The van der Waals surface area contributed by atoms with Gasteiger partial charge in [-0.2, -0.15) is 0 Å². The maximum absolute atomic E-state index is 11.3. The summed E-state index contributed by atoms with van der Waals surface area (Å²) in [6, 6.07) is 0. The zero-order valence-electron chi connectivity index (χ0n) is 11.4. The molecule has 0 aromatic rings. The highest BCUT2D eigenvalue weighted by atomic mass is 16.5. The molecule has 0 aromatic heterocycles. The van der Waals surface area contributed by atoms with E-state index in [0.717, 1.165) is 13.0 Å². The molecule has 18 heavy (non-hydrogen) atoms. The van der Waals surface area contributed by atoms with E-state index in [9.17, 15) is 9.59 Å². The van der Waals surface area contributed by atoms with Crippen LogP contribution in [0.2, 0.25) is 0 Å². The number of carbonyl (C=O) groups is 2. The first-order valence-corrected chi connectivity index (χ1v) is 6.58. The highest BCUT2D eigenvalue weighted by Crippen LogP contribution is 2.00. The van der Waals surface area contributed by atoms with E-state index in [2.05, 4.69) is 19.2 Å². The SMILES string of the molecule is CC(C)CCOCCNC(=O)CCCCC(=O)O. The van der Waals surface area contributed by atoms with Gasteiger partial charge in [-0.15, -0.1) is 0 Å². The van der Waals surface area contributed by atoms with Gasteiger partial charge in [0, 0.05) is 26.0 Å². The van der Waals surface area contributed by atoms with E-state index in [1.807, 2.05) is 0 Å². The number of hydrogen-bond acceptors (Lipinski definition) is 3. The van der Waals surface area contributed by atoms with Crippen LogP contribution >= 0.6 is 0 Å². The van der Waals surface area contributed by atoms with Crippen molar-refractivity contribution in [3.63, 3.8) is 0 Å². The number of rotatable bonds is 11. The molecular formula is C13H25NO4. The van der Waals surface area contributed by atoms with Crippen molar-refractivity contribution in [3.05, 3.63) is 0 Å². The Morgan fingerprint density at radius 1 is 1.17 bits per heavy atom. The van der Waals surface area contributed by atoms with Crippen molar-refractivity contribution in [2.75, 3.05) is 19.8 Å². The fourth-order valence-electron chi connectivity index (χ4n) is 1.33. The van der Waals surface area contributed by atoms with Crippen LogP contribution in [0.4, 0.5) is 0 Å². The van der Waals surface area contributed by atoms with Crippen molar-refractivity contribution < 1.29 is 19.4 Å². The molecule has 2 N–H and O–H groups in total. The topological polar surface area (TPSA) is 75.6 Å². The molecule has 5 nitrogen and oxygen atoms in total. The molecule has 0 fully saturated rings. The monoisotopic (exact) mass is 259 g/mol. The Morgan fingerprint density at radius 2 is 1.83 bits per heavy atom.